The smallest absolute Gasteiger partial charge is 0.252 e. The number of carbonyl (C=O) groups excluding carboxylic acids is 1. The Bertz CT molecular complexity index is 371. The maximum absolute atomic E-state index is 11.1. The van der Waals surface area contributed by atoms with Gasteiger partial charge in [-0.05, 0) is 31.9 Å². The molecular formula is C10H13N3O. The van der Waals surface area contributed by atoms with Crippen molar-refractivity contribution in [2.24, 2.45) is 5.73 Å². The first-order valence-electron chi connectivity index (χ1n) is 4.64. The predicted molar refractivity (Wildman–Crippen MR) is 54.0 cm³/mol. The number of rotatable bonds is 3. The van der Waals surface area contributed by atoms with Gasteiger partial charge in [0.15, 0.2) is 0 Å². The van der Waals surface area contributed by atoms with Gasteiger partial charge in [-0.1, -0.05) is 0 Å². The van der Waals surface area contributed by atoms with Crippen LogP contribution in [0.1, 0.15) is 30.1 Å². The fourth-order valence-corrected chi connectivity index (χ4v) is 1.30. The predicted octanol–water partition coefficient (Wildman–Crippen LogP) is 1.14. The van der Waals surface area contributed by atoms with Crippen molar-refractivity contribution in [3.8, 4) is 0 Å². The lowest BCUT2D eigenvalue weighted by atomic mass is 10.2. The number of aromatic nitrogens is 1. The second-order valence-electron chi connectivity index (χ2n) is 3.95. The van der Waals surface area contributed by atoms with E-state index in [1.165, 1.54) is 0 Å². The molecule has 4 heteroatoms. The Hall–Kier alpha value is -1.58. The lowest BCUT2D eigenvalue weighted by molar-refractivity contribution is 0.100. The van der Waals surface area contributed by atoms with Gasteiger partial charge in [-0.15, -0.1) is 0 Å². The Balaban J connectivity index is 2.27. The Morgan fingerprint density at radius 3 is 2.93 bits per heavy atom. The van der Waals surface area contributed by atoms with Gasteiger partial charge in [0.05, 0.1) is 5.56 Å². The molecule has 0 aliphatic heterocycles. The van der Waals surface area contributed by atoms with Crippen LogP contribution in [0, 0.1) is 0 Å². The van der Waals surface area contributed by atoms with Crippen LogP contribution >= 0.6 is 0 Å². The first kappa shape index (κ1) is 8.99. The number of carbonyl (C=O) groups is 1. The average Bonchev–Trinajstić information content (AvgIpc) is 2.84. The third-order valence-electron chi connectivity index (χ3n) is 2.49. The Kier molecular flexibility index (Phi) is 1.91. The second kappa shape index (κ2) is 2.97. The summed E-state index contributed by atoms with van der Waals surface area (Å²) >= 11 is 0. The molecule has 1 aliphatic carbocycles. The minimum atomic E-state index is -0.440. The van der Waals surface area contributed by atoms with Crippen molar-refractivity contribution in [2.75, 3.05) is 5.32 Å². The average molecular weight is 191 g/mol. The minimum absolute atomic E-state index is 0.110. The highest BCUT2D eigenvalue weighted by Crippen LogP contribution is 2.38. The second-order valence-corrected chi connectivity index (χ2v) is 3.95. The third kappa shape index (κ3) is 1.69. The highest BCUT2D eigenvalue weighted by Gasteiger charge is 2.38. The van der Waals surface area contributed by atoms with E-state index in [4.69, 9.17) is 5.73 Å². The van der Waals surface area contributed by atoms with E-state index < -0.39 is 5.91 Å². The van der Waals surface area contributed by atoms with Crippen LogP contribution in [0.3, 0.4) is 0 Å². The van der Waals surface area contributed by atoms with Gasteiger partial charge in [0.1, 0.15) is 5.82 Å². The Morgan fingerprint density at radius 1 is 1.64 bits per heavy atom. The SMILES string of the molecule is CC1(Nc2ncccc2C(N)=O)CC1. The number of hydrogen-bond acceptors (Lipinski definition) is 3. The molecule has 1 heterocycles. The number of pyridine rings is 1. The molecule has 0 unspecified atom stereocenters. The summed E-state index contributed by atoms with van der Waals surface area (Å²) in [4.78, 5) is 15.2. The molecule has 74 valence electrons. The van der Waals surface area contributed by atoms with Crippen molar-refractivity contribution in [1.29, 1.82) is 0 Å². The summed E-state index contributed by atoms with van der Waals surface area (Å²) in [5.41, 5.74) is 5.80. The summed E-state index contributed by atoms with van der Waals surface area (Å²) in [6.45, 7) is 2.10. The van der Waals surface area contributed by atoms with Crippen molar-refractivity contribution in [3.63, 3.8) is 0 Å². The van der Waals surface area contributed by atoms with Crippen LogP contribution in [-0.2, 0) is 0 Å². The van der Waals surface area contributed by atoms with E-state index in [1.807, 2.05) is 0 Å². The molecule has 1 amide bonds. The molecule has 3 N–H and O–H groups in total. The molecule has 0 spiro atoms. The molecule has 0 aromatic carbocycles. The molecule has 1 aromatic heterocycles. The van der Waals surface area contributed by atoms with Gasteiger partial charge in [0, 0.05) is 11.7 Å². The van der Waals surface area contributed by atoms with Crippen LogP contribution in [0.4, 0.5) is 5.82 Å². The van der Waals surface area contributed by atoms with Gasteiger partial charge in [-0.25, -0.2) is 4.98 Å². The van der Waals surface area contributed by atoms with Crippen LogP contribution in [0.2, 0.25) is 0 Å². The monoisotopic (exact) mass is 191 g/mol. The van der Waals surface area contributed by atoms with Gasteiger partial charge >= 0.3 is 0 Å². The van der Waals surface area contributed by atoms with E-state index in [0.29, 0.717) is 11.4 Å². The quantitative estimate of drug-likeness (QED) is 0.752. The van der Waals surface area contributed by atoms with Crippen LogP contribution in [0.25, 0.3) is 0 Å². The lowest BCUT2D eigenvalue weighted by Gasteiger charge is -2.13. The third-order valence-corrected chi connectivity index (χ3v) is 2.49. The van der Waals surface area contributed by atoms with Gasteiger partial charge in [-0.2, -0.15) is 0 Å². The molecule has 1 saturated carbocycles. The minimum Gasteiger partial charge on any atom is -0.365 e. The highest BCUT2D eigenvalue weighted by molar-refractivity contribution is 5.97. The van der Waals surface area contributed by atoms with Crippen LogP contribution in [0.15, 0.2) is 18.3 Å². The summed E-state index contributed by atoms with van der Waals surface area (Å²) in [5.74, 6) is 0.157. The van der Waals surface area contributed by atoms with Crippen LogP contribution < -0.4 is 11.1 Å². The topological polar surface area (TPSA) is 68.0 Å². The van der Waals surface area contributed by atoms with E-state index >= 15 is 0 Å². The maximum Gasteiger partial charge on any atom is 0.252 e. The number of amides is 1. The van der Waals surface area contributed by atoms with Crippen molar-refractivity contribution in [2.45, 2.75) is 25.3 Å². The normalized spacial score (nSPS) is 17.5. The fraction of sp³-hybridized carbons (Fsp3) is 0.400. The summed E-state index contributed by atoms with van der Waals surface area (Å²) in [6, 6.07) is 3.39. The van der Waals surface area contributed by atoms with E-state index in [9.17, 15) is 4.79 Å². The number of nitrogens with zero attached hydrogens (tertiary/aromatic N) is 1. The number of anilines is 1. The van der Waals surface area contributed by atoms with Gasteiger partial charge < -0.3 is 11.1 Å². The van der Waals surface area contributed by atoms with Gasteiger partial charge in [0.2, 0.25) is 0 Å². The molecule has 0 radical (unpaired) electrons. The highest BCUT2D eigenvalue weighted by atomic mass is 16.1. The summed E-state index contributed by atoms with van der Waals surface area (Å²) in [5, 5.41) is 3.23. The van der Waals surface area contributed by atoms with Crippen molar-refractivity contribution < 1.29 is 4.79 Å². The van der Waals surface area contributed by atoms with E-state index in [0.717, 1.165) is 12.8 Å². The Labute approximate surface area is 82.5 Å². The van der Waals surface area contributed by atoms with E-state index in [-0.39, 0.29) is 5.54 Å². The fourth-order valence-electron chi connectivity index (χ4n) is 1.30. The molecule has 0 saturated heterocycles. The molecule has 1 aromatic rings. The van der Waals surface area contributed by atoms with Crippen molar-refractivity contribution >= 4 is 11.7 Å². The van der Waals surface area contributed by atoms with Crippen LogP contribution in [-0.4, -0.2) is 16.4 Å². The summed E-state index contributed by atoms with van der Waals surface area (Å²) in [7, 11) is 0. The lowest BCUT2D eigenvalue weighted by Crippen LogP contribution is -2.21. The first-order chi connectivity index (χ1) is 6.61. The molecular weight excluding hydrogens is 178 g/mol. The summed E-state index contributed by atoms with van der Waals surface area (Å²) < 4.78 is 0. The molecule has 0 atom stereocenters. The summed E-state index contributed by atoms with van der Waals surface area (Å²) in [6.07, 6.45) is 3.88. The molecule has 4 nitrogen and oxygen atoms in total. The largest absolute Gasteiger partial charge is 0.365 e. The molecule has 14 heavy (non-hydrogen) atoms. The zero-order valence-corrected chi connectivity index (χ0v) is 8.08. The number of nitrogens with two attached hydrogens (primary N) is 1. The number of nitrogens with one attached hydrogen (secondary N) is 1. The zero-order chi connectivity index (χ0) is 10.2. The standard InChI is InChI=1S/C10H13N3O/c1-10(4-5-10)13-9-7(8(11)14)3-2-6-12-9/h2-3,6H,4-5H2,1H3,(H2,11,14)(H,12,13). The van der Waals surface area contributed by atoms with Gasteiger partial charge in [0.25, 0.3) is 5.91 Å². The van der Waals surface area contributed by atoms with Crippen molar-refractivity contribution in [3.05, 3.63) is 23.9 Å². The maximum atomic E-state index is 11.1. The van der Waals surface area contributed by atoms with E-state index in [1.54, 1.807) is 18.3 Å². The molecule has 0 bridgehead atoms. The number of primary amides is 1. The van der Waals surface area contributed by atoms with Crippen LogP contribution in [0.5, 0.6) is 0 Å². The van der Waals surface area contributed by atoms with E-state index in [2.05, 4.69) is 17.2 Å². The number of hydrogen-bond donors (Lipinski definition) is 2. The molecule has 1 fully saturated rings. The van der Waals surface area contributed by atoms with Gasteiger partial charge in [-0.3, -0.25) is 4.79 Å². The molecule has 1 aliphatic rings. The van der Waals surface area contributed by atoms with Crippen molar-refractivity contribution in [1.82, 2.24) is 4.98 Å². The molecule has 2 rings (SSSR count). The Morgan fingerprint density at radius 2 is 2.36 bits per heavy atom. The zero-order valence-electron chi connectivity index (χ0n) is 8.08. The first-order valence-corrected chi connectivity index (χ1v) is 4.64.